The fourth-order valence-corrected chi connectivity index (χ4v) is 1.96. The SMILES string of the molecule is Nc1ccc(-c2ncc(N)nc2-c2ccccc2)cn1. The molecule has 0 amide bonds. The van der Waals surface area contributed by atoms with Crippen LogP contribution in [-0.2, 0) is 0 Å². The predicted molar refractivity (Wildman–Crippen MR) is 79.5 cm³/mol. The summed E-state index contributed by atoms with van der Waals surface area (Å²) < 4.78 is 0. The Kier molecular flexibility index (Phi) is 3.01. The Hall–Kier alpha value is -2.95. The van der Waals surface area contributed by atoms with Gasteiger partial charge in [0.25, 0.3) is 0 Å². The van der Waals surface area contributed by atoms with Crippen LogP contribution in [0.5, 0.6) is 0 Å². The van der Waals surface area contributed by atoms with Gasteiger partial charge in [-0.3, -0.25) is 4.98 Å². The number of nitrogens with two attached hydrogens (primary N) is 2. The highest BCUT2D eigenvalue weighted by Gasteiger charge is 2.11. The van der Waals surface area contributed by atoms with Crippen molar-refractivity contribution in [3.05, 3.63) is 54.9 Å². The lowest BCUT2D eigenvalue weighted by Gasteiger charge is -2.08. The van der Waals surface area contributed by atoms with Crippen LogP contribution < -0.4 is 11.5 Å². The van der Waals surface area contributed by atoms with Gasteiger partial charge in [0.05, 0.1) is 17.6 Å². The number of hydrogen-bond donors (Lipinski definition) is 2. The van der Waals surface area contributed by atoms with E-state index in [4.69, 9.17) is 11.5 Å². The normalized spacial score (nSPS) is 10.4. The summed E-state index contributed by atoms with van der Waals surface area (Å²) in [6.45, 7) is 0. The van der Waals surface area contributed by atoms with Crippen molar-refractivity contribution in [2.24, 2.45) is 0 Å². The van der Waals surface area contributed by atoms with E-state index in [1.54, 1.807) is 12.3 Å². The van der Waals surface area contributed by atoms with E-state index in [0.717, 1.165) is 22.5 Å². The van der Waals surface area contributed by atoms with Crippen LogP contribution in [0, 0.1) is 0 Å². The van der Waals surface area contributed by atoms with Crippen molar-refractivity contribution in [2.45, 2.75) is 0 Å². The van der Waals surface area contributed by atoms with E-state index in [1.165, 1.54) is 6.20 Å². The second-order valence-electron chi connectivity index (χ2n) is 4.33. The van der Waals surface area contributed by atoms with Gasteiger partial charge in [-0.25, -0.2) is 9.97 Å². The largest absolute Gasteiger partial charge is 0.384 e. The summed E-state index contributed by atoms with van der Waals surface area (Å²) in [5.74, 6) is 0.856. The Morgan fingerprint density at radius 2 is 1.45 bits per heavy atom. The molecule has 4 N–H and O–H groups in total. The summed E-state index contributed by atoms with van der Waals surface area (Å²) in [7, 11) is 0. The van der Waals surface area contributed by atoms with Crippen molar-refractivity contribution in [2.75, 3.05) is 11.5 Å². The van der Waals surface area contributed by atoms with Crippen LogP contribution in [0.2, 0.25) is 0 Å². The van der Waals surface area contributed by atoms with Crippen molar-refractivity contribution in [3.63, 3.8) is 0 Å². The van der Waals surface area contributed by atoms with Gasteiger partial charge in [-0.2, -0.15) is 0 Å². The predicted octanol–water partition coefficient (Wildman–Crippen LogP) is 2.37. The quantitative estimate of drug-likeness (QED) is 0.740. The third-order valence-electron chi connectivity index (χ3n) is 2.90. The molecule has 0 aliphatic rings. The smallest absolute Gasteiger partial charge is 0.142 e. The number of anilines is 2. The highest BCUT2D eigenvalue weighted by atomic mass is 14.9. The number of nitrogen functional groups attached to an aromatic ring is 2. The lowest BCUT2D eigenvalue weighted by Crippen LogP contribution is -1.99. The molecule has 5 heteroatoms. The van der Waals surface area contributed by atoms with Crippen molar-refractivity contribution in [3.8, 4) is 22.5 Å². The zero-order valence-electron chi connectivity index (χ0n) is 10.7. The highest BCUT2D eigenvalue weighted by Crippen LogP contribution is 2.28. The molecule has 0 saturated carbocycles. The maximum Gasteiger partial charge on any atom is 0.142 e. The van der Waals surface area contributed by atoms with Gasteiger partial charge >= 0.3 is 0 Å². The van der Waals surface area contributed by atoms with Gasteiger partial charge in [0.15, 0.2) is 0 Å². The molecule has 0 aliphatic carbocycles. The van der Waals surface area contributed by atoms with E-state index in [1.807, 2.05) is 36.4 Å². The topological polar surface area (TPSA) is 90.7 Å². The molecule has 20 heavy (non-hydrogen) atoms. The summed E-state index contributed by atoms with van der Waals surface area (Å²) in [4.78, 5) is 12.9. The summed E-state index contributed by atoms with van der Waals surface area (Å²) in [5.41, 5.74) is 14.6. The van der Waals surface area contributed by atoms with Crippen LogP contribution >= 0.6 is 0 Å². The first kappa shape index (κ1) is 12.1. The molecule has 0 atom stereocenters. The van der Waals surface area contributed by atoms with Crippen LogP contribution in [0.1, 0.15) is 0 Å². The Bertz CT molecular complexity index is 723. The molecule has 0 saturated heterocycles. The molecule has 98 valence electrons. The minimum Gasteiger partial charge on any atom is -0.384 e. The van der Waals surface area contributed by atoms with E-state index in [9.17, 15) is 0 Å². The molecule has 5 nitrogen and oxygen atoms in total. The fourth-order valence-electron chi connectivity index (χ4n) is 1.96. The maximum atomic E-state index is 5.76. The van der Waals surface area contributed by atoms with Crippen molar-refractivity contribution < 1.29 is 0 Å². The molecule has 0 spiro atoms. The Balaban J connectivity index is 2.19. The number of hydrogen-bond acceptors (Lipinski definition) is 5. The third kappa shape index (κ3) is 2.29. The van der Waals surface area contributed by atoms with Gasteiger partial charge in [-0.05, 0) is 12.1 Å². The molecule has 3 rings (SSSR count). The average molecular weight is 263 g/mol. The minimum atomic E-state index is 0.385. The molecule has 3 aromatic rings. The van der Waals surface area contributed by atoms with Crippen molar-refractivity contribution in [1.29, 1.82) is 0 Å². The third-order valence-corrected chi connectivity index (χ3v) is 2.90. The highest BCUT2D eigenvalue weighted by molar-refractivity contribution is 5.78. The summed E-state index contributed by atoms with van der Waals surface area (Å²) >= 11 is 0. The number of aromatic nitrogens is 3. The van der Waals surface area contributed by atoms with Crippen LogP contribution in [0.3, 0.4) is 0 Å². The monoisotopic (exact) mass is 263 g/mol. The van der Waals surface area contributed by atoms with Gasteiger partial charge in [0.1, 0.15) is 11.6 Å². The summed E-state index contributed by atoms with van der Waals surface area (Å²) in [6, 6.07) is 13.4. The Labute approximate surface area is 116 Å². The van der Waals surface area contributed by atoms with Gasteiger partial charge in [0, 0.05) is 17.3 Å². The molecule has 0 bridgehead atoms. The van der Waals surface area contributed by atoms with E-state index in [2.05, 4.69) is 15.0 Å². The summed E-state index contributed by atoms with van der Waals surface area (Å²) in [5, 5.41) is 0. The van der Waals surface area contributed by atoms with E-state index < -0.39 is 0 Å². The lowest BCUT2D eigenvalue weighted by molar-refractivity contribution is 1.21. The van der Waals surface area contributed by atoms with Crippen LogP contribution in [0.15, 0.2) is 54.9 Å². The lowest BCUT2D eigenvalue weighted by atomic mass is 10.1. The Morgan fingerprint density at radius 3 is 2.15 bits per heavy atom. The van der Waals surface area contributed by atoms with Gasteiger partial charge in [0.2, 0.25) is 0 Å². The van der Waals surface area contributed by atoms with Crippen LogP contribution in [0.4, 0.5) is 11.6 Å². The first-order chi connectivity index (χ1) is 9.74. The average Bonchev–Trinajstić information content (AvgIpc) is 2.49. The van der Waals surface area contributed by atoms with E-state index >= 15 is 0 Å². The second kappa shape index (κ2) is 4.97. The Morgan fingerprint density at radius 1 is 0.650 bits per heavy atom. The summed E-state index contributed by atoms with van der Waals surface area (Å²) in [6.07, 6.45) is 3.22. The van der Waals surface area contributed by atoms with Gasteiger partial charge in [-0.15, -0.1) is 0 Å². The zero-order chi connectivity index (χ0) is 13.9. The molecule has 0 fully saturated rings. The molecular weight excluding hydrogens is 250 g/mol. The minimum absolute atomic E-state index is 0.385. The van der Waals surface area contributed by atoms with Crippen LogP contribution in [0.25, 0.3) is 22.5 Å². The molecule has 2 heterocycles. The molecule has 0 unspecified atom stereocenters. The van der Waals surface area contributed by atoms with E-state index in [-0.39, 0.29) is 0 Å². The number of benzene rings is 1. The van der Waals surface area contributed by atoms with Gasteiger partial charge < -0.3 is 11.5 Å². The number of nitrogens with zero attached hydrogens (tertiary/aromatic N) is 3. The van der Waals surface area contributed by atoms with E-state index in [0.29, 0.717) is 11.6 Å². The number of rotatable bonds is 2. The van der Waals surface area contributed by atoms with Crippen LogP contribution in [-0.4, -0.2) is 15.0 Å². The maximum absolute atomic E-state index is 5.76. The zero-order valence-corrected chi connectivity index (χ0v) is 10.7. The number of pyridine rings is 1. The molecule has 2 aromatic heterocycles. The fraction of sp³-hybridized carbons (Fsp3) is 0. The second-order valence-corrected chi connectivity index (χ2v) is 4.33. The molecule has 1 aromatic carbocycles. The van der Waals surface area contributed by atoms with Crippen molar-refractivity contribution >= 4 is 11.6 Å². The molecule has 0 radical (unpaired) electrons. The van der Waals surface area contributed by atoms with Crippen molar-refractivity contribution in [1.82, 2.24) is 15.0 Å². The molecule has 0 aliphatic heterocycles. The first-order valence-electron chi connectivity index (χ1n) is 6.14. The standard InChI is InChI=1S/C15H13N5/c16-12-7-6-11(8-18-12)14-15(20-13(17)9-19-14)10-4-2-1-3-5-10/h1-9H,(H2,16,18)(H2,17,20). The molecular formula is C15H13N5. The first-order valence-corrected chi connectivity index (χ1v) is 6.14. The van der Waals surface area contributed by atoms with Gasteiger partial charge in [-0.1, -0.05) is 30.3 Å².